The van der Waals surface area contributed by atoms with Crippen LogP contribution >= 0.6 is 0 Å². The van der Waals surface area contributed by atoms with Crippen molar-refractivity contribution in [3.05, 3.63) is 53.7 Å². The molecule has 1 fully saturated rings. The van der Waals surface area contributed by atoms with Crippen LogP contribution < -0.4 is 5.32 Å². The SMILES string of the molecule is N#Cc1ccc(NCC2(c3ccccc3)CCCC2)nn1. The summed E-state index contributed by atoms with van der Waals surface area (Å²) in [7, 11) is 0. The van der Waals surface area contributed by atoms with Crippen LogP contribution in [0, 0.1) is 11.3 Å². The Morgan fingerprint density at radius 1 is 1.05 bits per heavy atom. The molecule has 0 atom stereocenters. The van der Waals surface area contributed by atoms with Crippen molar-refractivity contribution in [2.45, 2.75) is 31.1 Å². The molecule has 106 valence electrons. The van der Waals surface area contributed by atoms with Crippen LogP contribution in [-0.4, -0.2) is 16.7 Å². The molecule has 0 bridgehead atoms. The third-order valence-corrected chi connectivity index (χ3v) is 4.33. The predicted octanol–water partition coefficient (Wildman–Crippen LogP) is 3.27. The lowest BCUT2D eigenvalue weighted by molar-refractivity contribution is 0.466. The van der Waals surface area contributed by atoms with Gasteiger partial charge in [0, 0.05) is 12.0 Å². The number of nitriles is 1. The molecule has 0 radical (unpaired) electrons. The fourth-order valence-electron chi connectivity index (χ4n) is 3.16. The number of rotatable bonds is 4. The molecule has 3 rings (SSSR count). The molecule has 1 aromatic heterocycles. The lowest BCUT2D eigenvalue weighted by Gasteiger charge is -2.30. The number of hydrogen-bond acceptors (Lipinski definition) is 4. The van der Waals surface area contributed by atoms with E-state index in [0.29, 0.717) is 5.69 Å². The molecule has 0 saturated heterocycles. The third-order valence-electron chi connectivity index (χ3n) is 4.33. The second-order valence-corrected chi connectivity index (χ2v) is 5.62. The van der Waals surface area contributed by atoms with Crippen molar-refractivity contribution < 1.29 is 0 Å². The Morgan fingerprint density at radius 3 is 2.43 bits per heavy atom. The van der Waals surface area contributed by atoms with Crippen molar-refractivity contribution in [2.24, 2.45) is 0 Å². The summed E-state index contributed by atoms with van der Waals surface area (Å²) in [6.45, 7) is 0.859. The van der Waals surface area contributed by atoms with Gasteiger partial charge in [-0.15, -0.1) is 10.2 Å². The van der Waals surface area contributed by atoms with E-state index in [2.05, 4.69) is 45.8 Å². The molecule has 1 aliphatic rings. The smallest absolute Gasteiger partial charge is 0.163 e. The summed E-state index contributed by atoms with van der Waals surface area (Å²) >= 11 is 0. The van der Waals surface area contributed by atoms with Gasteiger partial charge in [0.15, 0.2) is 5.69 Å². The van der Waals surface area contributed by atoms with Crippen molar-refractivity contribution in [2.75, 3.05) is 11.9 Å². The normalized spacial score (nSPS) is 16.3. The summed E-state index contributed by atoms with van der Waals surface area (Å²) in [4.78, 5) is 0. The first-order chi connectivity index (χ1) is 10.3. The van der Waals surface area contributed by atoms with Crippen LogP contribution in [-0.2, 0) is 5.41 Å². The average molecular weight is 278 g/mol. The van der Waals surface area contributed by atoms with Gasteiger partial charge in [-0.3, -0.25) is 0 Å². The second-order valence-electron chi connectivity index (χ2n) is 5.62. The minimum absolute atomic E-state index is 0.191. The van der Waals surface area contributed by atoms with E-state index in [0.717, 1.165) is 12.4 Å². The summed E-state index contributed by atoms with van der Waals surface area (Å²) in [6.07, 6.45) is 4.95. The van der Waals surface area contributed by atoms with Gasteiger partial charge in [0.05, 0.1) is 0 Å². The Balaban J connectivity index is 1.75. The van der Waals surface area contributed by atoms with E-state index in [1.54, 1.807) is 6.07 Å². The van der Waals surface area contributed by atoms with Gasteiger partial charge in [-0.2, -0.15) is 5.26 Å². The molecule has 1 heterocycles. The van der Waals surface area contributed by atoms with E-state index in [1.165, 1.54) is 31.2 Å². The van der Waals surface area contributed by atoms with Gasteiger partial charge < -0.3 is 5.32 Å². The van der Waals surface area contributed by atoms with Crippen LogP contribution in [0.1, 0.15) is 36.9 Å². The molecule has 21 heavy (non-hydrogen) atoms. The molecule has 0 aliphatic heterocycles. The first-order valence-corrected chi connectivity index (χ1v) is 7.36. The van der Waals surface area contributed by atoms with Gasteiger partial charge in [0.25, 0.3) is 0 Å². The zero-order chi connectivity index (χ0) is 14.5. The van der Waals surface area contributed by atoms with Gasteiger partial charge in [-0.25, -0.2) is 0 Å². The van der Waals surface area contributed by atoms with Crippen LogP contribution in [0.15, 0.2) is 42.5 Å². The Kier molecular flexibility index (Phi) is 3.83. The fourth-order valence-corrected chi connectivity index (χ4v) is 3.16. The van der Waals surface area contributed by atoms with Gasteiger partial charge >= 0.3 is 0 Å². The maximum absolute atomic E-state index is 8.75. The number of hydrogen-bond donors (Lipinski definition) is 1. The summed E-state index contributed by atoms with van der Waals surface area (Å²) in [5.74, 6) is 0.733. The highest BCUT2D eigenvalue weighted by molar-refractivity contribution is 5.38. The summed E-state index contributed by atoms with van der Waals surface area (Å²) in [6, 6.07) is 16.2. The Hall–Kier alpha value is -2.41. The highest BCUT2D eigenvalue weighted by Gasteiger charge is 2.35. The van der Waals surface area contributed by atoms with Crippen LogP contribution in [0.5, 0.6) is 0 Å². The summed E-state index contributed by atoms with van der Waals surface area (Å²) in [5.41, 5.74) is 1.94. The molecule has 1 saturated carbocycles. The Bertz CT molecular complexity index is 622. The van der Waals surface area contributed by atoms with Crippen molar-refractivity contribution in [1.82, 2.24) is 10.2 Å². The molecule has 1 N–H and O–H groups in total. The lowest BCUT2D eigenvalue weighted by Crippen LogP contribution is -2.31. The minimum Gasteiger partial charge on any atom is -0.368 e. The zero-order valence-corrected chi connectivity index (χ0v) is 11.9. The number of nitrogens with zero attached hydrogens (tertiary/aromatic N) is 3. The largest absolute Gasteiger partial charge is 0.368 e. The molecule has 1 aromatic carbocycles. The van der Waals surface area contributed by atoms with Crippen molar-refractivity contribution >= 4 is 5.82 Å². The van der Waals surface area contributed by atoms with Crippen molar-refractivity contribution in [1.29, 1.82) is 5.26 Å². The molecular weight excluding hydrogens is 260 g/mol. The topological polar surface area (TPSA) is 61.6 Å². The molecule has 2 aromatic rings. The van der Waals surface area contributed by atoms with E-state index in [9.17, 15) is 0 Å². The number of anilines is 1. The van der Waals surface area contributed by atoms with Gasteiger partial charge in [0.1, 0.15) is 11.9 Å². The standard InChI is InChI=1S/C17H18N4/c18-12-15-8-9-16(21-20-15)19-13-17(10-4-5-11-17)14-6-2-1-3-7-14/h1-3,6-9H,4-5,10-11,13H2,(H,19,21). The molecule has 0 amide bonds. The van der Waals surface area contributed by atoms with Crippen LogP contribution in [0.4, 0.5) is 5.82 Å². The molecule has 4 nitrogen and oxygen atoms in total. The maximum atomic E-state index is 8.75. The predicted molar refractivity (Wildman–Crippen MR) is 81.8 cm³/mol. The quantitative estimate of drug-likeness (QED) is 0.932. The second kappa shape index (κ2) is 5.92. The number of nitrogens with one attached hydrogen (secondary N) is 1. The zero-order valence-electron chi connectivity index (χ0n) is 11.9. The van der Waals surface area contributed by atoms with E-state index >= 15 is 0 Å². The minimum atomic E-state index is 0.191. The molecule has 4 heteroatoms. The van der Waals surface area contributed by atoms with Crippen LogP contribution in [0.3, 0.4) is 0 Å². The molecule has 0 unspecified atom stereocenters. The number of benzene rings is 1. The summed E-state index contributed by atoms with van der Waals surface area (Å²) in [5, 5.41) is 20.1. The van der Waals surface area contributed by atoms with E-state index < -0.39 is 0 Å². The maximum Gasteiger partial charge on any atom is 0.163 e. The Labute approximate surface area is 124 Å². The van der Waals surface area contributed by atoms with E-state index in [4.69, 9.17) is 5.26 Å². The van der Waals surface area contributed by atoms with Crippen molar-refractivity contribution in [3.8, 4) is 6.07 Å². The van der Waals surface area contributed by atoms with Crippen LogP contribution in [0.25, 0.3) is 0 Å². The average Bonchev–Trinajstić information content (AvgIpc) is 3.04. The van der Waals surface area contributed by atoms with Crippen LogP contribution in [0.2, 0.25) is 0 Å². The van der Waals surface area contributed by atoms with E-state index in [-0.39, 0.29) is 5.41 Å². The van der Waals surface area contributed by atoms with Gasteiger partial charge in [0.2, 0.25) is 0 Å². The third kappa shape index (κ3) is 2.87. The first kappa shape index (κ1) is 13.6. The monoisotopic (exact) mass is 278 g/mol. The first-order valence-electron chi connectivity index (χ1n) is 7.36. The molecular formula is C17H18N4. The Morgan fingerprint density at radius 2 is 1.81 bits per heavy atom. The number of aromatic nitrogens is 2. The van der Waals surface area contributed by atoms with Gasteiger partial charge in [-0.1, -0.05) is 43.2 Å². The highest BCUT2D eigenvalue weighted by atomic mass is 15.2. The summed E-state index contributed by atoms with van der Waals surface area (Å²) < 4.78 is 0. The fraction of sp³-hybridized carbons (Fsp3) is 0.353. The highest BCUT2D eigenvalue weighted by Crippen LogP contribution is 2.41. The van der Waals surface area contributed by atoms with Crippen molar-refractivity contribution in [3.63, 3.8) is 0 Å². The van der Waals surface area contributed by atoms with Gasteiger partial charge in [-0.05, 0) is 30.5 Å². The molecule has 0 spiro atoms. The molecule has 1 aliphatic carbocycles. The van der Waals surface area contributed by atoms with E-state index in [1.807, 2.05) is 12.1 Å². The lowest BCUT2D eigenvalue weighted by atomic mass is 9.79.